The van der Waals surface area contributed by atoms with Crippen molar-refractivity contribution in [3.05, 3.63) is 64.7 Å². The van der Waals surface area contributed by atoms with Gasteiger partial charge in [-0.25, -0.2) is 8.78 Å². The molecular weight excluding hydrogens is 451 g/mol. The van der Waals surface area contributed by atoms with Crippen molar-refractivity contribution in [1.82, 2.24) is 10.6 Å². The molecule has 2 rings (SSSR count). The summed E-state index contributed by atoms with van der Waals surface area (Å²) in [6.45, 7) is 3.07. The summed E-state index contributed by atoms with van der Waals surface area (Å²) in [6.07, 6.45) is 0.489. The van der Waals surface area contributed by atoms with Crippen LogP contribution in [0.15, 0.2) is 41.4 Å². The Morgan fingerprint density at radius 3 is 2.38 bits per heavy atom. The summed E-state index contributed by atoms with van der Waals surface area (Å²) in [5.74, 6) is 0.297. The molecule has 0 atom stereocenters. The highest BCUT2D eigenvalue weighted by atomic mass is 127. The second-order valence-corrected chi connectivity index (χ2v) is 5.70. The van der Waals surface area contributed by atoms with Gasteiger partial charge in [0.2, 0.25) is 0 Å². The number of halogens is 3. The van der Waals surface area contributed by atoms with Crippen molar-refractivity contribution in [1.29, 1.82) is 0 Å². The molecular formula is C19H24F2IN3O. The molecule has 0 unspecified atom stereocenters. The summed E-state index contributed by atoms with van der Waals surface area (Å²) < 4.78 is 31.7. The molecule has 2 aromatic carbocycles. The number of guanidine groups is 1. The van der Waals surface area contributed by atoms with Gasteiger partial charge in [0.1, 0.15) is 17.4 Å². The van der Waals surface area contributed by atoms with E-state index in [2.05, 4.69) is 15.6 Å². The number of hydrogen-bond acceptors (Lipinski definition) is 2. The fourth-order valence-electron chi connectivity index (χ4n) is 2.48. The second kappa shape index (κ2) is 10.9. The number of ether oxygens (including phenoxy) is 1. The Morgan fingerprint density at radius 2 is 1.77 bits per heavy atom. The van der Waals surface area contributed by atoms with E-state index in [-0.39, 0.29) is 24.0 Å². The zero-order valence-electron chi connectivity index (χ0n) is 15.1. The molecule has 0 saturated heterocycles. The van der Waals surface area contributed by atoms with E-state index in [9.17, 15) is 8.78 Å². The normalized spacial score (nSPS) is 10.9. The minimum absolute atomic E-state index is 0. The summed E-state index contributed by atoms with van der Waals surface area (Å²) >= 11 is 0. The maximum atomic E-state index is 13.2. The van der Waals surface area contributed by atoms with E-state index < -0.39 is 11.6 Å². The van der Waals surface area contributed by atoms with Gasteiger partial charge in [-0.3, -0.25) is 4.99 Å². The van der Waals surface area contributed by atoms with Gasteiger partial charge < -0.3 is 15.4 Å². The van der Waals surface area contributed by atoms with Crippen LogP contribution >= 0.6 is 24.0 Å². The van der Waals surface area contributed by atoms with Gasteiger partial charge in [0.25, 0.3) is 0 Å². The average molecular weight is 475 g/mol. The van der Waals surface area contributed by atoms with E-state index in [1.807, 2.05) is 25.1 Å². The topological polar surface area (TPSA) is 45.7 Å². The molecule has 0 aliphatic carbocycles. The monoisotopic (exact) mass is 475 g/mol. The minimum Gasteiger partial charge on any atom is -0.496 e. The van der Waals surface area contributed by atoms with E-state index in [0.29, 0.717) is 31.0 Å². The smallest absolute Gasteiger partial charge is 0.191 e. The van der Waals surface area contributed by atoms with Gasteiger partial charge in [-0.2, -0.15) is 0 Å². The van der Waals surface area contributed by atoms with Gasteiger partial charge >= 0.3 is 0 Å². The first-order valence-electron chi connectivity index (χ1n) is 8.05. The van der Waals surface area contributed by atoms with Crippen LogP contribution in [0.5, 0.6) is 5.75 Å². The van der Waals surface area contributed by atoms with Crippen LogP contribution < -0.4 is 15.4 Å². The van der Waals surface area contributed by atoms with Gasteiger partial charge in [-0.05, 0) is 42.7 Å². The number of nitrogens with zero attached hydrogens (tertiary/aromatic N) is 1. The maximum Gasteiger partial charge on any atom is 0.191 e. The highest BCUT2D eigenvalue weighted by Crippen LogP contribution is 2.19. The third-order valence-corrected chi connectivity index (χ3v) is 3.74. The Hall–Kier alpha value is -1.90. The molecule has 26 heavy (non-hydrogen) atoms. The molecule has 0 radical (unpaired) electrons. The number of methoxy groups -OCH3 is 1. The summed E-state index contributed by atoms with van der Waals surface area (Å²) in [6, 6.07) is 9.53. The van der Waals surface area contributed by atoms with E-state index in [1.165, 1.54) is 12.1 Å². The predicted molar refractivity (Wildman–Crippen MR) is 111 cm³/mol. The zero-order chi connectivity index (χ0) is 18.2. The molecule has 0 aliphatic heterocycles. The summed E-state index contributed by atoms with van der Waals surface area (Å²) in [5, 5.41) is 6.33. The number of nitrogens with one attached hydrogen (secondary N) is 2. The summed E-state index contributed by atoms with van der Waals surface area (Å²) in [4.78, 5) is 4.15. The van der Waals surface area contributed by atoms with Gasteiger partial charge in [0.15, 0.2) is 5.96 Å². The molecule has 0 spiro atoms. The third kappa shape index (κ3) is 6.78. The van der Waals surface area contributed by atoms with Crippen molar-refractivity contribution in [3.63, 3.8) is 0 Å². The molecule has 0 heterocycles. The molecule has 0 bridgehead atoms. The minimum atomic E-state index is -0.566. The molecule has 142 valence electrons. The quantitative estimate of drug-likeness (QED) is 0.380. The van der Waals surface area contributed by atoms with Crippen LogP contribution in [0.25, 0.3) is 0 Å². The van der Waals surface area contributed by atoms with Crippen LogP contribution in [0.4, 0.5) is 8.78 Å². The van der Waals surface area contributed by atoms with Gasteiger partial charge in [0, 0.05) is 31.8 Å². The molecule has 7 heteroatoms. The molecule has 0 fully saturated rings. The average Bonchev–Trinajstić information content (AvgIpc) is 2.57. The van der Waals surface area contributed by atoms with Crippen LogP contribution in [-0.2, 0) is 13.0 Å². The summed E-state index contributed by atoms with van der Waals surface area (Å²) in [7, 11) is 3.31. The molecule has 0 amide bonds. The van der Waals surface area contributed by atoms with Gasteiger partial charge in [0.05, 0.1) is 7.11 Å². The van der Waals surface area contributed by atoms with Crippen molar-refractivity contribution in [2.45, 2.75) is 19.9 Å². The van der Waals surface area contributed by atoms with Gasteiger partial charge in [-0.1, -0.05) is 12.1 Å². The predicted octanol–water partition coefficient (Wildman–Crippen LogP) is 3.81. The Bertz CT molecular complexity index is 733. The van der Waals surface area contributed by atoms with E-state index in [4.69, 9.17) is 4.74 Å². The Balaban J connectivity index is 0.00000338. The fraction of sp³-hybridized carbons (Fsp3) is 0.316. The zero-order valence-corrected chi connectivity index (χ0v) is 17.4. The number of rotatable bonds is 6. The molecule has 0 aliphatic rings. The Morgan fingerprint density at radius 1 is 1.08 bits per heavy atom. The van der Waals surface area contributed by atoms with Gasteiger partial charge in [-0.15, -0.1) is 24.0 Å². The first-order valence-corrected chi connectivity index (χ1v) is 8.05. The maximum absolute atomic E-state index is 13.2. The largest absolute Gasteiger partial charge is 0.496 e. The fourth-order valence-corrected chi connectivity index (χ4v) is 2.48. The number of aryl methyl sites for hydroxylation is 1. The Labute approximate surface area is 170 Å². The molecule has 0 aromatic heterocycles. The van der Waals surface area contributed by atoms with Crippen molar-refractivity contribution >= 4 is 29.9 Å². The highest BCUT2D eigenvalue weighted by Gasteiger charge is 2.05. The lowest BCUT2D eigenvalue weighted by atomic mass is 10.1. The van der Waals surface area contributed by atoms with Crippen LogP contribution in [0.3, 0.4) is 0 Å². The van der Waals surface area contributed by atoms with Crippen LogP contribution in [0, 0.1) is 18.6 Å². The molecule has 2 aromatic rings. The molecule has 2 N–H and O–H groups in total. The number of aliphatic imine (C=N–C) groups is 1. The SMILES string of the molecule is CN=C(NCCc1cc(F)cc(F)c1)NCc1ccc(C)cc1OC.I. The van der Waals surface area contributed by atoms with Crippen molar-refractivity contribution in [2.75, 3.05) is 20.7 Å². The lowest BCUT2D eigenvalue weighted by molar-refractivity contribution is 0.408. The van der Waals surface area contributed by atoms with Crippen molar-refractivity contribution < 1.29 is 13.5 Å². The molecule has 0 saturated carbocycles. The highest BCUT2D eigenvalue weighted by molar-refractivity contribution is 14.0. The number of benzene rings is 2. The third-order valence-electron chi connectivity index (χ3n) is 3.74. The molecule has 4 nitrogen and oxygen atoms in total. The van der Waals surface area contributed by atoms with Crippen molar-refractivity contribution in [3.8, 4) is 5.75 Å². The first-order chi connectivity index (χ1) is 12.0. The Kier molecular flexibility index (Phi) is 9.32. The first kappa shape index (κ1) is 22.1. The lowest BCUT2D eigenvalue weighted by Crippen LogP contribution is -2.37. The van der Waals surface area contributed by atoms with Crippen LogP contribution in [0.1, 0.15) is 16.7 Å². The van der Waals surface area contributed by atoms with E-state index in [0.717, 1.165) is 22.9 Å². The van der Waals surface area contributed by atoms with E-state index >= 15 is 0 Å². The van der Waals surface area contributed by atoms with E-state index in [1.54, 1.807) is 14.2 Å². The lowest BCUT2D eigenvalue weighted by Gasteiger charge is -2.14. The van der Waals surface area contributed by atoms with Crippen molar-refractivity contribution in [2.24, 2.45) is 4.99 Å². The second-order valence-electron chi connectivity index (χ2n) is 5.70. The number of hydrogen-bond donors (Lipinski definition) is 2. The summed E-state index contributed by atoms with van der Waals surface area (Å²) in [5.41, 5.74) is 2.74. The standard InChI is InChI=1S/C19H23F2N3O.HI/c1-13-4-5-15(18(8-13)25-3)12-24-19(22-2)23-7-6-14-9-16(20)11-17(21)10-14;/h4-5,8-11H,6-7,12H2,1-3H3,(H2,22,23,24);1H. The van der Waals surface area contributed by atoms with Crippen LogP contribution in [-0.4, -0.2) is 26.7 Å². The van der Waals surface area contributed by atoms with Crippen LogP contribution in [0.2, 0.25) is 0 Å².